The van der Waals surface area contributed by atoms with Crippen molar-refractivity contribution in [2.75, 3.05) is 5.32 Å². The van der Waals surface area contributed by atoms with Crippen LogP contribution in [0.2, 0.25) is 0 Å². The number of amides is 1. The van der Waals surface area contributed by atoms with Crippen molar-refractivity contribution in [1.29, 1.82) is 0 Å². The Morgan fingerprint density at radius 2 is 1.72 bits per heavy atom. The molecule has 1 N–H and O–H groups in total. The van der Waals surface area contributed by atoms with Gasteiger partial charge in [-0.3, -0.25) is 14.3 Å². The van der Waals surface area contributed by atoms with Crippen LogP contribution in [0.3, 0.4) is 0 Å². The molecule has 0 saturated heterocycles. The highest BCUT2D eigenvalue weighted by atomic mass is 19.4. The maximum absolute atomic E-state index is 13.7. The predicted molar refractivity (Wildman–Crippen MR) is 94.2 cm³/mol. The van der Waals surface area contributed by atoms with Crippen LogP contribution in [-0.4, -0.2) is 27.6 Å². The molecule has 1 aliphatic carbocycles. The number of hydrogen-bond donors (Lipinski definition) is 1. The summed E-state index contributed by atoms with van der Waals surface area (Å²) in [6.07, 6.45) is -10.1. The zero-order valence-electron chi connectivity index (χ0n) is 16.2. The second kappa shape index (κ2) is 7.85. The monoisotopic (exact) mass is 469 g/mol. The molecule has 1 saturated carbocycles. The molecule has 174 valence electrons. The molecule has 2 aromatic rings. The molecule has 0 bridgehead atoms. The van der Waals surface area contributed by atoms with Crippen LogP contribution in [0.4, 0.5) is 40.8 Å². The van der Waals surface area contributed by atoms with Gasteiger partial charge in [0.15, 0.2) is 11.5 Å². The average Bonchev–Trinajstić information content (AvgIpc) is 3.38. The predicted octanol–water partition coefficient (Wildman–Crippen LogP) is 5.33. The first-order valence-electron chi connectivity index (χ1n) is 9.16. The molecule has 1 aliphatic rings. The molecule has 3 rings (SSSR count). The molecule has 0 radical (unpaired) electrons. The number of ketones is 1. The van der Waals surface area contributed by atoms with Crippen molar-refractivity contribution >= 4 is 17.4 Å². The van der Waals surface area contributed by atoms with Gasteiger partial charge in [0.25, 0.3) is 5.91 Å². The fourth-order valence-corrected chi connectivity index (χ4v) is 3.07. The van der Waals surface area contributed by atoms with Gasteiger partial charge >= 0.3 is 18.3 Å². The third-order valence-electron chi connectivity index (χ3n) is 4.81. The van der Waals surface area contributed by atoms with Crippen molar-refractivity contribution in [3.8, 4) is 0 Å². The summed E-state index contributed by atoms with van der Waals surface area (Å²) in [5.41, 5.74) is -6.64. The number of carbonyl (C=O) groups is 2. The van der Waals surface area contributed by atoms with Gasteiger partial charge in [-0.15, -0.1) is 0 Å². The van der Waals surface area contributed by atoms with Gasteiger partial charge in [-0.2, -0.15) is 40.2 Å². The van der Waals surface area contributed by atoms with Crippen molar-refractivity contribution in [2.24, 2.45) is 13.0 Å². The largest absolute Gasteiger partial charge is 0.459 e. The highest BCUT2D eigenvalue weighted by Crippen LogP contribution is 2.48. The fraction of sp³-hybridized carbons (Fsp3) is 0.421. The lowest BCUT2D eigenvalue weighted by molar-refractivity contribution is -0.292. The highest BCUT2D eigenvalue weighted by Gasteiger charge is 2.64. The van der Waals surface area contributed by atoms with Gasteiger partial charge < -0.3 is 5.32 Å². The van der Waals surface area contributed by atoms with Gasteiger partial charge in [-0.25, -0.2) is 0 Å². The van der Waals surface area contributed by atoms with E-state index in [1.54, 1.807) is 0 Å². The van der Waals surface area contributed by atoms with Gasteiger partial charge in [-0.05, 0) is 30.9 Å². The fourth-order valence-electron chi connectivity index (χ4n) is 3.07. The molecule has 0 spiro atoms. The number of anilines is 1. The van der Waals surface area contributed by atoms with E-state index in [1.165, 1.54) is 24.3 Å². The molecule has 32 heavy (non-hydrogen) atoms. The molecule has 13 heteroatoms. The first-order chi connectivity index (χ1) is 14.6. The van der Waals surface area contributed by atoms with Crippen LogP contribution >= 0.6 is 0 Å². The molecule has 1 amide bonds. The summed E-state index contributed by atoms with van der Waals surface area (Å²) >= 11 is 0. The van der Waals surface area contributed by atoms with Crippen LogP contribution in [-0.2, 0) is 19.1 Å². The van der Waals surface area contributed by atoms with Crippen LogP contribution in [0.25, 0.3) is 0 Å². The summed E-state index contributed by atoms with van der Waals surface area (Å²) < 4.78 is 106. The lowest BCUT2D eigenvalue weighted by Crippen LogP contribution is -2.36. The molecule has 0 atom stereocenters. The minimum atomic E-state index is -6.37. The number of Topliss-reactive ketones (excluding diaryl/α,β-unsaturated/α-hetero) is 1. The summed E-state index contributed by atoms with van der Waals surface area (Å²) in [6.45, 7) is 0. The number of carbonyl (C=O) groups excluding carboxylic acids is 2. The van der Waals surface area contributed by atoms with Crippen molar-refractivity contribution in [3.63, 3.8) is 0 Å². The number of aryl methyl sites for hydroxylation is 1. The number of halogens is 8. The van der Waals surface area contributed by atoms with E-state index in [4.69, 9.17) is 0 Å². The average molecular weight is 469 g/mol. The normalized spacial score (nSPS) is 15.0. The number of hydrogen-bond acceptors (Lipinski definition) is 3. The zero-order valence-corrected chi connectivity index (χ0v) is 16.2. The van der Waals surface area contributed by atoms with Crippen molar-refractivity contribution < 1.29 is 44.7 Å². The van der Waals surface area contributed by atoms with Gasteiger partial charge in [0.1, 0.15) is 11.3 Å². The first kappa shape index (κ1) is 23.7. The molecule has 0 unspecified atom stereocenters. The summed E-state index contributed by atoms with van der Waals surface area (Å²) in [4.78, 5) is 24.7. The Balaban J connectivity index is 1.98. The number of alkyl halides is 8. The van der Waals surface area contributed by atoms with E-state index in [-0.39, 0.29) is 34.1 Å². The van der Waals surface area contributed by atoms with Crippen LogP contribution in [0.5, 0.6) is 0 Å². The van der Waals surface area contributed by atoms with Crippen LogP contribution in [0, 0.1) is 5.92 Å². The summed E-state index contributed by atoms with van der Waals surface area (Å²) in [5, 5.41) is 4.68. The van der Waals surface area contributed by atoms with Gasteiger partial charge in [0.2, 0.25) is 0 Å². The number of benzene rings is 1. The SMILES string of the molecule is Cn1nc(C(F)(F)C(F)(F)F)c(C(F)(F)F)c1C(=O)Nc1cccc(C(=O)CC2CC2)c1. The Labute approximate surface area is 175 Å². The van der Waals surface area contributed by atoms with E-state index in [1.807, 2.05) is 5.32 Å². The van der Waals surface area contributed by atoms with Crippen molar-refractivity contribution in [3.05, 3.63) is 46.8 Å². The Morgan fingerprint density at radius 3 is 2.25 bits per heavy atom. The Hall–Kier alpha value is -2.99. The number of aromatic nitrogens is 2. The van der Waals surface area contributed by atoms with E-state index >= 15 is 0 Å². The standard InChI is InChI=1S/C19H15F8N3O2/c1-30-14(13(18(22,23)24)15(29-30)17(20,21)19(25,26)27)16(32)28-11-4-2-3-10(8-11)12(31)7-9-5-6-9/h2-4,8-9H,5-7H2,1H3,(H,28,32). The Morgan fingerprint density at radius 1 is 1.09 bits per heavy atom. The topological polar surface area (TPSA) is 64.0 Å². The van der Waals surface area contributed by atoms with Crippen LogP contribution < -0.4 is 5.32 Å². The maximum atomic E-state index is 13.7. The first-order valence-corrected chi connectivity index (χ1v) is 9.16. The quantitative estimate of drug-likeness (QED) is 0.460. The zero-order chi connectivity index (χ0) is 24.1. The van der Waals surface area contributed by atoms with Crippen LogP contribution in [0.1, 0.15) is 51.4 Å². The molecule has 1 heterocycles. The van der Waals surface area contributed by atoms with Crippen LogP contribution in [0.15, 0.2) is 24.3 Å². The maximum Gasteiger partial charge on any atom is 0.459 e. The van der Waals surface area contributed by atoms with Gasteiger partial charge in [0, 0.05) is 24.7 Å². The molecule has 1 aromatic carbocycles. The third kappa shape index (κ3) is 4.60. The number of rotatable bonds is 6. The highest BCUT2D eigenvalue weighted by molar-refractivity contribution is 6.05. The molecule has 0 aliphatic heterocycles. The second-order valence-electron chi connectivity index (χ2n) is 7.37. The molecule has 1 aromatic heterocycles. The van der Waals surface area contributed by atoms with Crippen molar-refractivity contribution in [2.45, 2.75) is 37.5 Å². The van der Waals surface area contributed by atoms with E-state index in [0.717, 1.165) is 12.8 Å². The van der Waals surface area contributed by atoms with Crippen molar-refractivity contribution in [1.82, 2.24) is 9.78 Å². The van der Waals surface area contributed by atoms with Gasteiger partial charge in [-0.1, -0.05) is 12.1 Å². The molecule has 5 nitrogen and oxygen atoms in total. The second-order valence-corrected chi connectivity index (χ2v) is 7.37. The van der Waals surface area contributed by atoms with Gasteiger partial charge in [0.05, 0.1) is 0 Å². The van der Waals surface area contributed by atoms with E-state index in [9.17, 15) is 44.7 Å². The summed E-state index contributed by atoms with van der Waals surface area (Å²) in [5.74, 6) is -7.59. The lowest BCUT2D eigenvalue weighted by atomic mass is 10.0. The third-order valence-corrected chi connectivity index (χ3v) is 4.81. The lowest BCUT2D eigenvalue weighted by Gasteiger charge is -2.19. The summed E-state index contributed by atoms with van der Waals surface area (Å²) in [6, 6.07) is 5.17. The minimum absolute atomic E-state index is 0.00916. The van der Waals surface area contributed by atoms with E-state index < -0.39 is 41.1 Å². The Kier molecular flexibility index (Phi) is 5.81. The Bertz CT molecular complexity index is 1050. The molecule has 1 fully saturated rings. The smallest absolute Gasteiger partial charge is 0.321 e. The number of nitrogens with zero attached hydrogens (tertiary/aromatic N) is 2. The van der Waals surface area contributed by atoms with E-state index in [2.05, 4.69) is 5.10 Å². The summed E-state index contributed by atoms with van der Waals surface area (Å²) in [7, 11) is 0.635. The number of nitrogens with one attached hydrogen (secondary N) is 1. The molecular weight excluding hydrogens is 454 g/mol. The molecular formula is C19H15F8N3O2. The minimum Gasteiger partial charge on any atom is -0.321 e. The van der Waals surface area contributed by atoms with E-state index in [0.29, 0.717) is 7.05 Å².